The van der Waals surface area contributed by atoms with Gasteiger partial charge in [0.2, 0.25) is 0 Å². The number of benzene rings is 5. The van der Waals surface area contributed by atoms with Gasteiger partial charge >= 0.3 is 0 Å². The van der Waals surface area contributed by atoms with Gasteiger partial charge in [-0.15, -0.1) is 11.3 Å². The Bertz CT molecular complexity index is 1880. The molecule has 0 N–H and O–H groups in total. The van der Waals surface area contributed by atoms with Crippen LogP contribution in [0.25, 0.3) is 64.5 Å². The molecule has 5 aromatic carbocycles. The second-order valence-corrected chi connectivity index (χ2v) is 10.1. The largest absolute Gasteiger partial charge is 0.245 e. The van der Waals surface area contributed by atoms with E-state index in [1.807, 2.05) is 24.4 Å². The van der Waals surface area contributed by atoms with Crippen molar-refractivity contribution in [3.8, 4) is 33.4 Å². The van der Waals surface area contributed by atoms with Crippen LogP contribution in [0.4, 0.5) is 4.39 Å². The fourth-order valence-electron chi connectivity index (χ4n) is 4.89. The summed E-state index contributed by atoms with van der Waals surface area (Å²) in [5.41, 5.74) is 6.86. The number of fused-ring (bicyclic) bond motifs is 4. The van der Waals surface area contributed by atoms with Crippen LogP contribution < -0.4 is 0 Å². The molecule has 0 radical (unpaired) electrons. The van der Waals surface area contributed by atoms with Gasteiger partial charge in [-0.2, -0.15) is 0 Å². The molecule has 0 aliphatic carbocycles. The summed E-state index contributed by atoms with van der Waals surface area (Å²) < 4.78 is 14.6. The van der Waals surface area contributed by atoms with E-state index in [-0.39, 0.29) is 5.82 Å². The summed E-state index contributed by atoms with van der Waals surface area (Å²) in [6.45, 7) is 0. The molecule has 0 fully saturated rings. The van der Waals surface area contributed by atoms with Crippen molar-refractivity contribution >= 4 is 42.4 Å². The Morgan fingerprint density at radius 3 is 1.72 bits per heavy atom. The number of hydrogen-bond donors (Lipinski definition) is 0. The van der Waals surface area contributed by atoms with Crippen LogP contribution in [0.1, 0.15) is 0 Å². The summed E-state index contributed by atoms with van der Waals surface area (Å²) in [4.78, 5) is 5.60. The standard InChI is InChI=1S/C33H20FNS/c34-29-14-11-23(12-15-29)26-10-8-24-7-9-25(18-28(24)19-26)21-3-5-22(6-4-21)27-13-16-32-31(20-27)30-2-1-17-35-33(30)36-32/h1-20H. The maximum absolute atomic E-state index is 13.3. The van der Waals surface area contributed by atoms with Crippen molar-refractivity contribution in [3.05, 3.63) is 127 Å². The summed E-state index contributed by atoms with van der Waals surface area (Å²) in [6.07, 6.45) is 1.85. The van der Waals surface area contributed by atoms with Gasteiger partial charge in [0.25, 0.3) is 0 Å². The number of nitrogens with zero attached hydrogens (tertiary/aromatic N) is 1. The highest BCUT2D eigenvalue weighted by atomic mass is 32.1. The summed E-state index contributed by atoms with van der Waals surface area (Å²) in [5, 5.41) is 4.83. The Morgan fingerprint density at radius 1 is 0.500 bits per heavy atom. The third kappa shape index (κ3) is 3.65. The van der Waals surface area contributed by atoms with E-state index in [1.165, 1.54) is 60.6 Å². The van der Waals surface area contributed by atoms with Crippen molar-refractivity contribution in [1.29, 1.82) is 0 Å². The van der Waals surface area contributed by atoms with E-state index in [4.69, 9.17) is 0 Å². The third-order valence-electron chi connectivity index (χ3n) is 6.82. The monoisotopic (exact) mass is 481 g/mol. The predicted molar refractivity (Wildman–Crippen MR) is 151 cm³/mol. The number of halogens is 1. The zero-order valence-corrected chi connectivity index (χ0v) is 20.1. The third-order valence-corrected chi connectivity index (χ3v) is 7.91. The molecular weight excluding hydrogens is 461 g/mol. The molecule has 0 amide bonds. The number of pyridine rings is 1. The fourth-order valence-corrected chi connectivity index (χ4v) is 5.92. The van der Waals surface area contributed by atoms with Crippen LogP contribution in [0.5, 0.6) is 0 Å². The van der Waals surface area contributed by atoms with E-state index in [0.29, 0.717) is 0 Å². The average molecular weight is 482 g/mol. The van der Waals surface area contributed by atoms with E-state index < -0.39 is 0 Å². The van der Waals surface area contributed by atoms with E-state index in [2.05, 4.69) is 89.9 Å². The van der Waals surface area contributed by atoms with Crippen molar-refractivity contribution in [2.24, 2.45) is 0 Å². The van der Waals surface area contributed by atoms with Crippen molar-refractivity contribution in [2.45, 2.75) is 0 Å². The molecule has 2 aromatic heterocycles. The highest BCUT2D eigenvalue weighted by Crippen LogP contribution is 2.36. The van der Waals surface area contributed by atoms with Crippen LogP contribution in [-0.2, 0) is 0 Å². The zero-order chi connectivity index (χ0) is 24.1. The summed E-state index contributed by atoms with van der Waals surface area (Å²) in [6, 6.07) is 39.2. The molecule has 7 aromatic rings. The van der Waals surface area contributed by atoms with Gasteiger partial charge in [-0.1, -0.05) is 66.7 Å². The van der Waals surface area contributed by atoms with Gasteiger partial charge < -0.3 is 0 Å². The van der Waals surface area contributed by atoms with Crippen LogP contribution in [0, 0.1) is 5.82 Å². The normalized spacial score (nSPS) is 11.5. The van der Waals surface area contributed by atoms with Gasteiger partial charge in [0.05, 0.1) is 0 Å². The molecule has 0 spiro atoms. The lowest BCUT2D eigenvalue weighted by atomic mass is 9.96. The number of aromatic nitrogens is 1. The van der Waals surface area contributed by atoms with Gasteiger partial charge in [0, 0.05) is 21.7 Å². The van der Waals surface area contributed by atoms with Gasteiger partial charge in [-0.05, 0) is 92.7 Å². The topological polar surface area (TPSA) is 12.9 Å². The lowest BCUT2D eigenvalue weighted by molar-refractivity contribution is 0.628. The smallest absolute Gasteiger partial charge is 0.124 e. The minimum absolute atomic E-state index is 0.217. The molecule has 0 atom stereocenters. The number of rotatable bonds is 3. The molecule has 0 unspecified atom stereocenters. The summed E-state index contributed by atoms with van der Waals surface area (Å²) in [7, 11) is 0. The second kappa shape index (κ2) is 8.40. The van der Waals surface area contributed by atoms with Crippen molar-refractivity contribution in [1.82, 2.24) is 4.98 Å². The van der Waals surface area contributed by atoms with Crippen molar-refractivity contribution < 1.29 is 4.39 Å². The highest BCUT2D eigenvalue weighted by Gasteiger charge is 2.08. The Hall–Kier alpha value is -4.34. The summed E-state index contributed by atoms with van der Waals surface area (Å²) in [5.74, 6) is -0.217. The van der Waals surface area contributed by atoms with Gasteiger partial charge in [0.15, 0.2) is 0 Å². The van der Waals surface area contributed by atoms with Crippen molar-refractivity contribution in [2.75, 3.05) is 0 Å². The molecule has 36 heavy (non-hydrogen) atoms. The fraction of sp³-hybridized carbons (Fsp3) is 0. The quantitative estimate of drug-likeness (QED) is 0.245. The molecular formula is C33H20FNS. The first kappa shape index (κ1) is 21.0. The van der Waals surface area contributed by atoms with Crippen molar-refractivity contribution in [3.63, 3.8) is 0 Å². The van der Waals surface area contributed by atoms with E-state index in [0.717, 1.165) is 16.0 Å². The molecule has 0 aliphatic rings. The number of hydrogen-bond acceptors (Lipinski definition) is 2. The van der Waals surface area contributed by atoms with Crippen LogP contribution in [0.2, 0.25) is 0 Å². The molecule has 2 heterocycles. The Balaban J connectivity index is 1.23. The zero-order valence-electron chi connectivity index (χ0n) is 19.3. The van der Waals surface area contributed by atoms with E-state index in [1.54, 1.807) is 11.3 Å². The van der Waals surface area contributed by atoms with Crippen LogP contribution in [0.15, 0.2) is 121 Å². The average Bonchev–Trinajstić information content (AvgIpc) is 3.31. The molecule has 170 valence electrons. The van der Waals surface area contributed by atoms with Crippen LogP contribution in [0.3, 0.4) is 0 Å². The SMILES string of the molecule is Fc1ccc(-c2ccc3ccc(-c4ccc(-c5ccc6sc7ncccc7c6c5)cc4)cc3c2)cc1. The maximum atomic E-state index is 13.3. The minimum Gasteiger partial charge on any atom is -0.245 e. The highest BCUT2D eigenvalue weighted by molar-refractivity contribution is 7.25. The lowest BCUT2D eigenvalue weighted by Gasteiger charge is -2.09. The van der Waals surface area contributed by atoms with Gasteiger partial charge in [0.1, 0.15) is 10.6 Å². The van der Waals surface area contributed by atoms with Gasteiger partial charge in [-0.3, -0.25) is 0 Å². The Kier molecular flexibility index (Phi) is 4.90. The molecule has 3 heteroatoms. The first-order chi connectivity index (χ1) is 17.7. The second-order valence-electron chi connectivity index (χ2n) is 9.03. The van der Waals surface area contributed by atoms with Crippen LogP contribution >= 0.6 is 11.3 Å². The minimum atomic E-state index is -0.217. The van der Waals surface area contributed by atoms with E-state index >= 15 is 0 Å². The first-order valence-corrected chi connectivity index (χ1v) is 12.7. The first-order valence-electron chi connectivity index (χ1n) is 11.9. The Labute approximate surface area is 212 Å². The molecule has 0 saturated heterocycles. The van der Waals surface area contributed by atoms with Crippen LogP contribution in [-0.4, -0.2) is 4.98 Å². The predicted octanol–water partition coefficient (Wildman–Crippen LogP) is 9.74. The van der Waals surface area contributed by atoms with Gasteiger partial charge in [-0.25, -0.2) is 9.37 Å². The molecule has 0 saturated carbocycles. The molecule has 1 nitrogen and oxygen atoms in total. The molecule has 0 aliphatic heterocycles. The maximum Gasteiger partial charge on any atom is 0.124 e. The molecule has 7 rings (SSSR count). The Morgan fingerprint density at radius 2 is 1.06 bits per heavy atom. The van der Waals surface area contributed by atoms with E-state index in [9.17, 15) is 4.39 Å². The molecule has 0 bridgehead atoms. The lowest BCUT2D eigenvalue weighted by Crippen LogP contribution is -1.83. The number of thiophene rings is 1. The summed E-state index contributed by atoms with van der Waals surface area (Å²) >= 11 is 1.74.